The lowest BCUT2D eigenvalue weighted by molar-refractivity contribution is -0.274. The monoisotopic (exact) mass is 445 g/mol. The molecule has 0 aliphatic carbocycles. The van der Waals surface area contributed by atoms with E-state index in [0.29, 0.717) is 11.3 Å². The van der Waals surface area contributed by atoms with Gasteiger partial charge in [0.05, 0.1) is 17.4 Å². The van der Waals surface area contributed by atoms with E-state index < -0.39 is 6.36 Å². The van der Waals surface area contributed by atoms with E-state index in [1.54, 1.807) is 12.4 Å². The molecule has 1 fully saturated rings. The Hall–Kier alpha value is -3.40. The highest BCUT2D eigenvalue weighted by Gasteiger charge is 2.31. The molecule has 1 saturated heterocycles. The van der Waals surface area contributed by atoms with Crippen molar-refractivity contribution in [3.63, 3.8) is 0 Å². The number of nitrogens with two attached hydrogens (primary N) is 1. The van der Waals surface area contributed by atoms with Gasteiger partial charge in [-0.2, -0.15) is 5.10 Å². The molecule has 0 spiro atoms. The standard InChI is InChI=1S/C22H22F3N5O2/c23-22(24,25)32-18-3-1-17(2-4-18)30-21(26)19(13-28-30)20(31)16-7-11-29(12-8-16)14-15-5-9-27-10-6-15/h1-6,9-10,13,16H,7-8,11-12,14,26H2. The number of alkyl halides is 3. The number of nitrogen functional groups attached to an aromatic ring is 1. The predicted molar refractivity (Wildman–Crippen MR) is 111 cm³/mol. The number of halogens is 3. The van der Waals surface area contributed by atoms with Crippen LogP contribution < -0.4 is 10.5 Å². The van der Waals surface area contributed by atoms with Gasteiger partial charge in [-0.3, -0.25) is 14.7 Å². The molecule has 1 aliphatic rings. The minimum absolute atomic E-state index is 0.0608. The average Bonchev–Trinajstić information content (AvgIpc) is 3.15. The summed E-state index contributed by atoms with van der Waals surface area (Å²) in [6.07, 6.45) is 1.63. The Kier molecular flexibility index (Phi) is 6.13. The summed E-state index contributed by atoms with van der Waals surface area (Å²) in [7, 11) is 0. The molecular formula is C22H22F3N5O2. The lowest BCUT2D eigenvalue weighted by Crippen LogP contribution is -2.36. The van der Waals surface area contributed by atoms with E-state index in [1.807, 2.05) is 12.1 Å². The van der Waals surface area contributed by atoms with Crippen LogP contribution in [0.5, 0.6) is 5.75 Å². The number of aromatic nitrogens is 3. The second-order valence-electron chi connectivity index (χ2n) is 7.67. The fourth-order valence-electron chi connectivity index (χ4n) is 3.86. The van der Waals surface area contributed by atoms with Crippen molar-refractivity contribution < 1.29 is 22.7 Å². The van der Waals surface area contributed by atoms with Gasteiger partial charge in [0.15, 0.2) is 5.78 Å². The Morgan fingerprint density at radius 3 is 2.38 bits per heavy atom. The quantitative estimate of drug-likeness (QED) is 0.580. The molecular weight excluding hydrogens is 423 g/mol. The Balaban J connectivity index is 1.39. The Labute approximate surface area is 182 Å². The maximum Gasteiger partial charge on any atom is 0.573 e. The predicted octanol–water partition coefficient (Wildman–Crippen LogP) is 3.84. The molecule has 0 amide bonds. The second kappa shape index (κ2) is 8.99. The lowest BCUT2D eigenvalue weighted by Gasteiger charge is -2.31. The summed E-state index contributed by atoms with van der Waals surface area (Å²) >= 11 is 0. The minimum Gasteiger partial charge on any atom is -0.406 e. The first-order chi connectivity index (χ1) is 15.3. The first-order valence-electron chi connectivity index (χ1n) is 10.2. The molecule has 0 saturated carbocycles. The summed E-state index contributed by atoms with van der Waals surface area (Å²) in [6, 6.07) is 9.10. The van der Waals surface area contributed by atoms with Crippen molar-refractivity contribution in [1.29, 1.82) is 0 Å². The number of rotatable bonds is 6. The van der Waals surface area contributed by atoms with Crippen LogP contribution in [0, 0.1) is 5.92 Å². The number of piperidine rings is 1. The molecule has 3 aromatic rings. The number of hydrogen-bond donors (Lipinski definition) is 1. The number of carbonyl (C=O) groups is 1. The Morgan fingerprint density at radius 2 is 1.75 bits per heavy atom. The maximum atomic E-state index is 13.0. The smallest absolute Gasteiger partial charge is 0.406 e. The number of Topliss-reactive ketones (excluding diaryl/α,β-unsaturated/α-hetero) is 1. The topological polar surface area (TPSA) is 86.3 Å². The van der Waals surface area contributed by atoms with E-state index >= 15 is 0 Å². The van der Waals surface area contributed by atoms with Crippen molar-refractivity contribution in [2.75, 3.05) is 18.8 Å². The van der Waals surface area contributed by atoms with Crippen LogP contribution in [0.25, 0.3) is 5.69 Å². The molecule has 2 aromatic heterocycles. The third-order valence-electron chi connectivity index (χ3n) is 5.50. The normalized spacial score (nSPS) is 15.6. The first-order valence-corrected chi connectivity index (χ1v) is 10.2. The van der Waals surface area contributed by atoms with E-state index in [9.17, 15) is 18.0 Å². The highest BCUT2D eigenvalue weighted by atomic mass is 19.4. The van der Waals surface area contributed by atoms with Crippen molar-refractivity contribution in [3.05, 3.63) is 66.1 Å². The van der Waals surface area contributed by atoms with Gasteiger partial charge >= 0.3 is 6.36 Å². The van der Waals surface area contributed by atoms with Gasteiger partial charge in [0.2, 0.25) is 0 Å². The van der Waals surface area contributed by atoms with E-state index in [0.717, 1.165) is 32.5 Å². The molecule has 168 valence electrons. The Morgan fingerprint density at radius 1 is 1.09 bits per heavy atom. The third-order valence-corrected chi connectivity index (χ3v) is 5.50. The highest BCUT2D eigenvalue weighted by Crippen LogP contribution is 2.28. The molecule has 0 unspecified atom stereocenters. The number of pyridine rings is 1. The lowest BCUT2D eigenvalue weighted by atomic mass is 9.89. The second-order valence-corrected chi connectivity index (χ2v) is 7.67. The molecule has 4 rings (SSSR count). The van der Waals surface area contributed by atoms with Gasteiger partial charge in [-0.1, -0.05) is 0 Å². The minimum atomic E-state index is -4.76. The number of likely N-dealkylation sites (tertiary alicyclic amines) is 1. The number of ether oxygens (including phenoxy) is 1. The number of nitrogens with zero attached hydrogens (tertiary/aromatic N) is 4. The summed E-state index contributed by atoms with van der Waals surface area (Å²) in [5, 5.41) is 4.17. The zero-order valence-corrected chi connectivity index (χ0v) is 17.1. The molecule has 0 bridgehead atoms. The van der Waals surface area contributed by atoms with Crippen LogP contribution in [-0.2, 0) is 6.54 Å². The van der Waals surface area contributed by atoms with Gasteiger partial charge in [-0.05, 0) is 67.9 Å². The first kappa shape index (κ1) is 21.8. The van der Waals surface area contributed by atoms with Gasteiger partial charge in [-0.25, -0.2) is 4.68 Å². The maximum absolute atomic E-state index is 13.0. The van der Waals surface area contributed by atoms with Gasteiger partial charge in [0, 0.05) is 24.9 Å². The van der Waals surface area contributed by atoms with E-state index in [4.69, 9.17) is 5.73 Å². The molecule has 0 atom stereocenters. The zero-order chi connectivity index (χ0) is 22.7. The fraction of sp³-hybridized carbons (Fsp3) is 0.318. The zero-order valence-electron chi connectivity index (χ0n) is 17.1. The Bertz CT molecular complexity index is 1060. The molecule has 3 heterocycles. The molecule has 2 N–H and O–H groups in total. The van der Waals surface area contributed by atoms with Crippen molar-refractivity contribution in [1.82, 2.24) is 19.7 Å². The number of anilines is 1. The van der Waals surface area contributed by atoms with Crippen LogP contribution in [0.2, 0.25) is 0 Å². The van der Waals surface area contributed by atoms with Crippen LogP contribution >= 0.6 is 0 Å². The largest absolute Gasteiger partial charge is 0.573 e. The molecule has 10 heteroatoms. The number of hydrogen-bond acceptors (Lipinski definition) is 6. The van der Waals surface area contributed by atoms with Gasteiger partial charge in [-0.15, -0.1) is 13.2 Å². The summed E-state index contributed by atoms with van der Waals surface area (Å²) in [5.74, 6) is -0.388. The molecule has 7 nitrogen and oxygen atoms in total. The molecule has 1 aromatic carbocycles. The van der Waals surface area contributed by atoms with Crippen molar-refractivity contribution >= 4 is 11.6 Å². The summed E-state index contributed by atoms with van der Waals surface area (Å²) < 4.78 is 42.2. The molecule has 0 radical (unpaired) electrons. The molecule has 32 heavy (non-hydrogen) atoms. The average molecular weight is 445 g/mol. The van der Waals surface area contributed by atoms with Crippen molar-refractivity contribution in [2.24, 2.45) is 5.92 Å². The van der Waals surface area contributed by atoms with Gasteiger partial charge in [0.25, 0.3) is 0 Å². The van der Waals surface area contributed by atoms with Gasteiger partial charge < -0.3 is 10.5 Å². The number of carbonyl (C=O) groups excluding carboxylic acids is 1. The van der Waals surface area contributed by atoms with E-state index in [2.05, 4.69) is 19.7 Å². The number of benzene rings is 1. The highest BCUT2D eigenvalue weighted by molar-refractivity contribution is 6.01. The van der Waals surface area contributed by atoms with E-state index in [-0.39, 0.29) is 23.3 Å². The van der Waals surface area contributed by atoms with E-state index in [1.165, 1.54) is 40.7 Å². The SMILES string of the molecule is Nc1c(C(=O)C2CCN(Cc3ccncc3)CC2)cnn1-c1ccc(OC(F)(F)F)cc1. The van der Waals surface area contributed by atoms with Crippen molar-refractivity contribution in [2.45, 2.75) is 25.7 Å². The van der Waals surface area contributed by atoms with Crippen LogP contribution in [0.3, 0.4) is 0 Å². The molecule has 1 aliphatic heterocycles. The van der Waals surface area contributed by atoms with Crippen LogP contribution in [0.15, 0.2) is 55.0 Å². The summed E-state index contributed by atoms with van der Waals surface area (Å²) in [5.41, 5.74) is 8.11. The van der Waals surface area contributed by atoms with Crippen LogP contribution in [-0.4, -0.2) is 44.9 Å². The summed E-state index contributed by atoms with van der Waals surface area (Å²) in [6.45, 7) is 2.42. The van der Waals surface area contributed by atoms with Crippen molar-refractivity contribution in [3.8, 4) is 11.4 Å². The van der Waals surface area contributed by atoms with Crippen LogP contribution in [0.4, 0.5) is 19.0 Å². The third kappa shape index (κ3) is 5.08. The fourth-order valence-corrected chi connectivity index (χ4v) is 3.86. The summed E-state index contributed by atoms with van der Waals surface area (Å²) in [4.78, 5) is 19.4. The number of ketones is 1. The van der Waals surface area contributed by atoms with Gasteiger partial charge in [0.1, 0.15) is 11.6 Å². The van der Waals surface area contributed by atoms with Crippen LogP contribution in [0.1, 0.15) is 28.8 Å².